The van der Waals surface area contributed by atoms with Crippen molar-refractivity contribution in [3.8, 4) is 5.75 Å². The summed E-state index contributed by atoms with van der Waals surface area (Å²) < 4.78 is 17.4. The summed E-state index contributed by atoms with van der Waals surface area (Å²) in [5.74, 6) is 0.303. The summed E-state index contributed by atoms with van der Waals surface area (Å²) in [6, 6.07) is 3.76. The molecule has 0 aliphatic rings. The van der Waals surface area contributed by atoms with Crippen LogP contribution in [0.4, 0.5) is 0 Å². The van der Waals surface area contributed by atoms with Crippen LogP contribution in [0.15, 0.2) is 12.1 Å². The van der Waals surface area contributed by atoms with Crippen molar-refractivity contribution >= 4 is 7.60 Å². The van der Waals surface area contributed by atoms with Crippen LogP contribution in [0.1, 0.15) is 78.0 Å². The summed E-state index contributed by atoms with van der Waals surface area (Å²) in [4.78, 5) is 9.90. The average molecular weight is 356 g/mol. The lowest BCUT2D eigenvalue weighted by Gasteiger charge is -2.28. The first-order chi connectivity index (χ1) is 10.8. The van der Waals surface area contributed by atoms with E-state index in [9.17, 15) is 14.6 Å². The highest BCUT2D eigenvalue weighted by molar-refractivity contribution is 7.52. The fraction of sp³-hybridized carbons (Fsp3) is 0.684. The fourth-order valence-electron chi connectivity index (χ4n) is 2.52. The monoisotopic (exact) mass is 356 g/mol. The summed E-state index contributed by atoms with van der Waals surface area (Å²) in [5.41, 5.74) is 2.01. The largest absolute Gasteiger partial charge is 0.507 e. The minimum Gasteiger partial charge on any atom is -0.507 e. The third-order valence-electron chi connectivity index (χ3n) is 4.01. The molecule has 2 N–H and O–H groups in total. The molecule has 1 aromatic rings. The van der Waals surface area contributed by atoms with Gasteiger partial charge in [0.2, 0.25) is 0 Å². The molecule has 1 rings (SSSR count). The van der Waals surface area contributed by atoms with Gasteiger partial charge in [-0.15, -0.1) is 0 Å². The standard InChI is InChI=1S/C19H33O4P/c1-8-9-10-24(21,22)23-13-14-11-15(18(2,3)4)17(20)16(12-14)19(5,6)7/h11-12,20H,8-10,13H2,1-7H3,(H,21,22). The van der Waals surface area contributed by atoms with Gasteiger partial charge in [-0.05, 0) is 46.1 Å². The molecule has 24 heavy (non-hydrogen) atoms. The molecule has 0 heterocycles. The van der Waals surface area contributed by atoms with E-state index in [4.69, 9.17) is 4.52 Å². The van der Waals surface area contributed by atoms with Crippen molar-refractivity contribution in [1.82, 2.24) is 0 Å². The van der Waals surface area contributed by atoms with E-state index in [0.29, 0.717) is 12.2 Å². The van der Waals surface area contributed by atoms with Crippen LogP contribution >= 0.6 is 7.60 Å². The zero-order chi connectivity index (χ0) is 18.8. The first-order valence-corrected chi connectivity index (χ1v) is 10.4. The minimum absolute atomic E-state index is 0.0733. The van der Waals surface area contributed by atoms with Crippen LogP contribution in [0, 0.1) is 0 Å². The molecule has 0 radical (unpaired) electrons. The first kappa shape index (κ1) is 21.2. The van der Waals surface area contributed by atoms with Crippen molar-refractivity contribution < 1.29 is 19.1 Å². The van der Waals surface area contributed by atoms with E-state index in [2.05, 4.69) is 0 Å². The molecule has 0 saturated carbocycles. The molecular formula is C19H33O4P. The lowest BCUT2D eigenvalue weighted by atomic mass is 9.78. The maximum atomic E-state index is 12.1. The van der Waals surface area contributed by atoms with Gasteiger partial charge in [0.15, 0.2) is 0 Å². The molecule has 1 atom stereocenters. The maximum absolute atomic E-state index is 12.1. The average Bonchev–Trinajstić information content (AvgIpc) is 2.41. The fourth-order valence-corrected chi connectivity index (χ4v) is 3.71. The Morgan fingerprint density at radius 1 is 1.04 bits per heavy atom. The number of phenolic OH excluding ortho intramolecular Hbond substituents is 1. The molecule has 0 spiro atoms. The maximum Gasteiger partial charge on any atom is 0.328 e. The van der Waals surface area contributed by atoms with Crippen molar-refractivity contribution in [2.24, 2.45) is 0 Å². The van der Waals surface area contributed by atoms with E-state index in [1.807, 2.05) is 60.6 Å². The van der Waals surface area contributed by atoms with Gasteiger partial charge in [0.25, 0.3) is 0 Å². The normalized spacial score (nSPS) is 15.3. The Balaban J connectivity index is 3.18. The third-order valence-corrected chi connectivity index (χ3v) is 5.43. The SMILES string of the molecule is CCCCP(=O)(O)OCc1cc(C(C)(C)C)c(O)c(C(C)(C)C)c1. The van der Waals surface area contributed by atoms with Crippen molar-refractivity contribution in [2.45, 2.75) is 78.7 Å². The summed E-state index contributed by atoms with van der Waals surface area (Å²) >= 11 is 0. The lowest BCUT2D eigenvalue weighted by molar-refractivity contribution is 0.249. The number of aromatic hydroxyl groups is 1. The molecule has 0 aliphatic carbocycles. The van der Waals surface area contributed by atoms with Gasteiger partial charge in [-0.2, -0.15) is 0 Å². The summed E-state index contributed by atoms with van der Waals surface area (Å²) in [5, 5.41) is 10.7. The van der Waals surface area contributed by atoms with Crippen molar-refractivity contribution in [3.05, 3.63) is 28.8 Å². The Kier molecular flexibility index (Phi) is 6.71. The quantitative estimate of drug-likeness (QED) is 0.662. The van der Waals surface area contributed by atoms with E-state index >= 15 is 0 Å². The Morgan fingerprint density at radius 2 is 1.50 bits per heavy atom. The molecule has 0 aliphatic heterocycles. The van der Waals surface area contributed by atoms with Crippen LogP contribution in [-0.2, 0) is 26.5 Å². The summed E-state index contributed by atoms with van der Waals surface area (Å²) in [7, 11) is -3.56. The smallest absolute Gasteiger partial charge is 0.328 e. The molecule has 0 bridgehead atoms. The van der Waals surface area contributed by atoms with Gasteiger partial charge < -0.3 is 14.5 Å². The Bertz CT molecular complexity index is 574. The highest BCUT2D eigenvalue weighted by atomic mass is 31.2. The molecular weight excluding hydrogens is 323 g/mol. The Morgan fingerprint density at radius 3 is 1.88 bits per heavy atom. The lowest BCUT2D eigenvalue weighted by Crippen LogP contribution is -2.18. The second-order valence-electron chi connectivity index (χ2n) is 8.53. The number of rotatable bonds is 6. The molecule has 4 nitrogen and oxygen atoms in total. The number of benzene rings is 1. The van der Waals surface area contributed by atoms with Crippen molar-refractivity contribution in [2.75, 3.05) is 6.16 Å². The Labute approximate surface area is 146 Å². The van der Waals surface area contributed by atoms with Crippen LogP contribution in [-0.4, -0.2) is 16.2 Å². The molecule has 0 amide bonds. The molecule has 138 valence electrons. The van der Waals surface area contributed by atoms with Crippen molar-refractivity contribution in [3.63, 3.8) is 0 Å². The zero-order valence-corrected chi connectivity index (χ0v) is 17.0. The zero-order valence-electron chi connectivity index (χ0n) is 16.1. The van der Waals surface area contributed by atoms with Gasteiger partial charge >= 0.3 is 7.60 Å². The van der Waals surface area contributed by atoms with E-state index in [1.54, 1.807) is 0 Å². The minimum atomic E-state index is -3.56. The van der Waals surface area contributed by atoms with Crippen LogP contribution in [0.2, 0.25) is 0 Å². The highest BCUT2D eigenvalue weighted by Crippen LogP contribution is 2.45. The number of hydrogen-bond acceptors (Lipinski definition) is 3. The summed E-state index contributed by atoms with van der Waals surface area (Å²) in [6.07, 6.45) is 1.71. The Hall–Kier alpha value is -0.830. The predicted molar refractivity (Wildman–Crippen MR) is 99.9 cm³/mol. The van der Waals surface area contributed by atoms with Gasteiger partial charge in [-0.25, -0.2) is 0 Å². The molecule has 0 aromatic heterocycles. The van der Waals surface area contributed by atoms with E-state index in [0.717, 1.165) is 23.1 Å². The molecule has 1 unspecified atom stereocenters. The van der Waals surface area contributed by atoms with Gasteiger partial charge in [-0.3, -0.25) is 4.57 Å². The highest BCUT2D eigenvalue weighted by Gasteiger charge is 2.27. The molecule has 0 saturated heterocycles. The van der Waals surface area contributed by atoms with E-state index in [1.165, 1.54) is 0 Å². The third kappa shape index (κ3) is 5.91. The van der Waals surface area contributed by atoms with Crippen LogP contribution in [0.5, 0.6) is 5.75 Å². The van der Waals surface area contributed by atoms with Crippen LogP contribution in [0.25, 0.3) is 0 Å². The number of unbranched alkanes of at least 4 members (excludes halogenated alkanes) is 1. The van der Waals surface area contributed by atoms with Crippen molar-refractivity contribution in [1.29, 1.82) is 0 Å². The topological polar surface area (TPSA) is 66.8 Å². The van der Waals surface area contributed by atoms with Gasteiger partial charge in [0, 0.05) is 6.16 Å². The second kappa shape index (κ2) is 7.59. The summed E-state index contributed by atoms with van der Waals surface area (Å²) in [6.45, 7) is 14.3. The van der Waals surface area contributed by atoms with Gasteiger partial charge in [0.05, 0.1) is 6.61 Å². The molecule has 1 aromatic carbocycles. The first-order valence-electron chi connectivity index (χ1n) is 8.61. The van der Waals surface area contributed by atoms with E-state index < -0.39 is 7.60 Å². The van der Waals surface area contributed by atoms with Gasteiger partial charge in [-0.1, -0.05) is 54.9 Å². The predicted octanol–water partition coefficient (Wildman–Crippen LogP) is 5.49. The van der Waals surface area contributed by atoms with E-state index in [-0.39, 0.29) is 23.6 Å². The number of phenols is 1. The van der Waals surface area contributed by atoms with Gasteiger partial charge in [0.1, 0.15) is 5.75 Å². The second-order valence-corrected chi connectivity index (χ2v) is 10.5. The molecule has 0 fully saturated rings. The van der Waals surface area contributed by atoms with Crippen LogP contribution in [0.3, 0.4) is 0 Å². The van der Waals surface area contributed by atoms with Crippen LogP contribution < -0.4 is 0 Å². The molecule has 5 heteroatoms. The number of hydrogen-bond donors (Lipinski definition) is 2.